The van der Waals surface area contributed by atoms with Crippen molar-refractivity contribution in [1.29, 1.82) is 0 Å². The van der Waals surface area contributed by atoms with E-state index in [2.05, 4.69) is 10.2 Å². The highest BCUT2D eigenvalue weighted by atomic mass is 35.5. The molecule has 1 saturated heterocycles. The molecule has 1 N–H and O–H groups in total. The van der Waals surface area contributed by atoms with E-state index in [0.29, 0.717) is 17.4 Å². The second-order valence-corrected chi connectivity index (χ2v) is 6.41. The van der Waals surface area contributed by atoms with E-state index in [1.807, 2.05) is 18.2 Å². The first kappa shape index (κ1) is 13.9. The smallest absolute Gasteiger partial charge is 0.224 e. The fourth-order valence-electron chi connectivity index (χ4n) is 3.00. The number of halogens is 1. The van der Waals surface area contributed by atoms with E-state index < -0.39 is 0 Å². The molecule has 1 heterocycles. The summed E-state index contributed by atoms with van der Waals surface area (Å²) in [7, 11) is 0. The number of hydrogen-bond donors (Lipinski definition) is 1. The summed E-state index contributed by atoms with van der Waals surface area (Å²) in [6.45, 7) is 2.33. The van der Waals surface area contributed by atoms with E-state index in [1.165, 1.54) is 25.9 Å². The molecular formula is C16H21ClN2O. The van der Waals surface area contributed by atoms with Gasteiger partial charge < -0.3 is 10.2 Å². The molecule has 20 heavy (non-hydrogen) atoms. The van der Waals surface area contributed by atoms with Crippen LogP contribution in [0.3, 0.4) is 0 Å². The number of carbonyl (C=O) groups is 1. The predicted molar refractivity (Wildman–Crippen MR) is 82.0 cm³/mol. The lowest BCUT2D eigenvalue weighted by molar-refractivity contribution is -0.117. The summed E-state index contributed by atoms with van der Waals surface area (Å²) in [5.74, 6) is 0.640. The van der Waals surface area contributed by atoms with Crippen molar-refractivity contribution in [3.8, 4) is 0 Å². The molecule has 0 radical (unpaired) electrons. The van der Waals surface area contributed by atoms with Crippen molar-refractivity contribution in [2.75, 3.05) is 18.4 Å². The van der Waals surface area contributed by atoms with E-state index >= 15 is 0 Å². The Morgan fingerprint density at radius 1 is 1.25 bits per heavy atom. The van der Waals surface area contributed by atoms with Crippen molar-refractivity contribution in [2.24, 2.45) is 5.92 Å². The zero-order chi connectivity index (χ0) is 13.9. The summed E-state index contributed by atoms with van der Waals surface area (Å²) in [4.78, 5) is 14.6. The van der Waals surface area contributed by atoms with Crippen LogP contribution in [-0.2, 0) is 4.79 Å². The largest absolute Gasteiger partial charge is 0.326 e. The van der Waals surface area contributed by atoms with Gasteiger partial charge in [-0.2, -0.15) is 0 Å². The number of rotatable bonds is 4. The molecule has 2 aliphatic rings. The maximum atomic E-state index is 12.1. The van der Waals surface area contributed by atoms with Crippen molar-refractivity contribution >= 4 is 23.2 Å². The molecule has 0 unspecified atom stereocenters. The number of amides is 1. The highest BCUT2D eigenvalue weighted by Crippen LogP contribution is 2.31. The number of carbonyl (C=O) groups excluding carboxylic acids is 1. The SMILES string of the molecule is O=C(CC1CCN(C2CC2)CC1)Nc1cccc(Cl)c1. The van der Waals surface area contributed by atoms with Crippen molar-refractivity contribution in [3.63, 3.8) is 0 Å². The quantitative estimate of drug-likeness (QED) is 0.920. The Bertz CT molecular complexity index is 479. The molecule has 1 aliphatic heterocycles. The molecule has 4 heteroatoms. The van der Waals surface area contributed by atoms with Crippen LogP contribution >= 0.6 is 11.6 Å². The molecule has 1 aromatic rings. The predicted octanol–water partition coefficient (Wildman–Crippen LogP) is 3.54. The Labute approximate surface area is 125 Å². The number of benzene rings is 1. The second-order valence-electron chi connectivity index (χ2n) is 5.97. The summed E-state index contributed by atoms with van der Waals surface area (Å²) in [6, 6.07) is 8.18. The van der Waals surface area contributed by atoms with E-state index in [1.54, 1.807) is 6.07 Å². The highest BCUT2D eigenvalue weighted by molar-refractivity contribution is 6.30. The molecule has 2 fully saturated rings. The minimum atomic E-state index is 0.108. The van der Waals surface area contributed by atoms with Gasteiger partial charge in [0.25, 0.3) is 0 Å². The average molecular weight is 293 g/mol. The van der Waals surface area contributed by atoms with Crippen LogP contribution in [0.1, 0.15) is 32.1 Å². The van der Waals surface area contributed by atoms with Crippen LogP contribution < -0.4 is 5.32 Å². The Balaban J connectivity index is 1.44. The lowest BCUT2D eigenvalue weighted by Crippen LogP contribution is -2.36. The topological polar surface area (TPSA) is 32.3 Å². The van der Waals surface area contributed by atoms with Crippen molar-refractivity contribution < 1.29 is 4.79 Å². The molecule has 3 rings (SSSR count). The van der Waals surface area contributed by atoms with Crippen LogP contribution in [0.15, 0.2) is 24.3 Å². The minimum absolute atomic E-state index is 0.108. The van der Waals surface area contributed by atoms with Gasteiger partial charge in [0.15, 0.2) is 0 Å². The van der Waals surface area contributed by atoms with Gasteiger partial charge in [-0.15, -0.1) is 0 Å². The second kappa shape index (κ2) is 6.15. The first-order valence-electron chi connectivity index (χ1n) is 7.50. The third-order valence-electron chi connectivity index (χ3n) is 4.29. The molecular weight excluding hydrogens is 272 g/mol. The highest BCUT2D eigenvalue weighted by Gasteiger charge is 2.32. The monoisotopic (exact) mass is 292 g/mol. The van der Waals surface area contributed by atoms with Gasteiger partial charge >= 0.3 is 0 Å². The Kier molecular flexibility index (Phi) is 4.27. The molecule has 0 atom stereocenters. The minimum Gasteiger partial charge on any atom is -0.326 e. The van der Waals surface area contributed by atoms with Crippen LogP contribution in [0.2, 0.25) is 5.02 Å². The van der Waals surface area contributed by atoms with Gasteiger partial charge in [-0.1, -0.05) is 17.7 Å². The van der Waals surface area contributed by atoms with Gasteiger partial charge in [0.05, 0.1) is 0 Å². The molecule has 1 saturated carbocycles. The van der Waals surface area contributed by atoms with Crippen LogP contribution in [-0.4, -0.2) is 29.9 Å². The van der Waals surface area contributed by atoms with Gasteiger partial charge in [-0.05, 0) is 62.9 Å². The van der Waals surface area contributed by atoms with Crippen molar-refractivity contribution in [3.05, 3.63) is 29.3 Å². The van der Waals surface area contributed by atoms with Crippen molar-refractivity contribution in [1.82, 2.24) is 4.90 Å². The molecule has 0 bridgehead atoms. The molecule has 0 aromatic heterocycles. The summed E-state index contributed by atoms with van der Waals surface area (Å²) in [6.07, 6.45) is 5.68. The van der Waals surface area contributed by atoms with E-state index in [-0.39, 0.29) is 5.91 Å². The lowest BCUT2D eigenvalue weighted by Gasteiger charge is -2.31. The summed E-state index contributed by atoms with van der Waals surface area (Å²) in [5, 5.41) is 3.59. The van der Waals surface area contributed by atoms with Crippen molar-refractivity contribution in [2.45, 2.75) is 38.1 Å². The number of anilines is 1. The average Bonchev–Trinajstić information content (AvgIpc) is 3.24. The zero-order valence-corrected chi connectivity index (χ0v) is 12.4. The Hall–Kier alpha value is -1.06. The number of likely N-dealkylation sites (tertiary alicyclic amines) is 1. The maximum Gasteiger partial charge on any atom is 0.224 e. The molecule has 1 aliphatic carbocycles. The van der Waals surface area contributed by atoms with Gasteiger partial charge in [0.2, 0.25) is 5.91 Å². The van der Waals surface area contributed by atoms with Crippen LogP contribution in [0, 0.1) is 5.92 Å². The number of nitrogens with one attached hydrogen (secondary N) is 1. The normalized spacial score (nSPS) is 20.9. The van der Waals surface area contributed by atoms with Crippen LogP contribution in [0.4, 0.5) is 5.69 Å². The van der Waals surface area contributed by atoms with Gasteiger partial charge in [-0.3, -0.25) is 4.79 Å². The first-order chi connectivity index (χ1) is 9.70. The van der Waals surface area contributed by atoms with Gasteiger partial charge in [0, 0.05) is 23.2 Å². The van der Waals surface area contributed by atoms with Crippen LogP contribution in [0.25, 0.3) is 0 Å². The first-order valence-corrected chi connectivity index (χ1v) is 7.88. The maximum absolute atomic E-state index is 12.1. The molecule has 1 aromatic carbocycles. The fraction of sp³-hybridized carbons (Fsp3) is 0.562. The third kappa shape index (κ3) is 3.74. The lowest BCUT2D eigenvalue weighted by atomic mass is 9.93. The molecule has 3 nitrogen and oxygen atoms in total. The number of piperidine rings is 1. The molecule has 1 amide bonds. The Morgan fingerprint density at radius 3 is 2.65 bits per heavy atom. The third-order valence-corrected chi connectivity index (χ3v) is 4.53. The van der Waals surface area contributed by atoms with Gasteiger partial charge in [-0.25, -0.2) is 0 Å². The zero-order valence-electron chi connectivity index (χ0n) is 11.6. The summed E-state index contributed by atoms with van der Waals surface area (Å²) < 4.78 is 0. The van der Waals surface area contributed by atoms with E-state index in [4.69, 9.17) is 11.6 Å². The fourth-order valence-corrected chi connectivity index (χ4v) is 3.19. The summed E-state index contributed by atoms with van der Waals surface area (Å²) >= 11 is 5.91. The number of nitrogens with zero attached hydrogens (tertiary/aromatic N) is 1. The van der Waals surface area contributed by atoms with Crippen LogP contribution in [0.5, 0.6) is 0 Å². The summed E-state index contributed by atoms with van der Waals surface area (Å²) in [5.41, 5.74) is 0.790. The standard InChI is InChI=1S/C16H21ClN2O/c17-13-2-1-3-14(11-13)18-16(20)10-12-6-8-19(9-7-12)15-4-5-15/h1-3,11-12,15H,4-10H2,(H,18,20). The van der Waals surface area contributed by atoms with Gasteiger partial charge in [0.1, 0.15) is 0 Å². The number of hydrogen-bond acceptors (Lipinski definition) is 2. The molecule has 108 valence electrons. The van der Waals surface area contributed by atoms with E-state index in [0.717, 1.165) is 24.6 Å². The van der Waals surface area contributed by atoms with E-state index in [9.17, 15) is 4.79 Å². The Morgan fingerprint density at radius 2 is 2.00 bits per heavy atom. The molecule has 0 spiro atoms.